The predicted octanol–water partition coefficient (Wildman–Crippen LogP) is 1.32. The van der Waals surface area contributed by atoms with Crippen molar-refractivity contribution in [1.82, 2.24) is 5.32 Å². The number of carbonyl (C=O) groups excluding carboxylic acids is 1. The molecule has 0 aliphatic rings. The van der Waals surface area contributed by atoms with E-state index in [1.54, 1.807) is 18.2 Å². The standard InChI is InChI=1S/C11H11NO3/c1-7-4-3-5-9(6-7)10(13)12-8(2)11(14)15/h3-6H,2H2,1H3,(H,12,13)(H,14,15). The van der Waals surface area contributed by atoms with Gasteiger partial charge in [0, 0.05) is 5.56 Å². The summed E-state index contributed by atoms with van der Waals surface area (Å²) in [5.74, 6) is -1.71. The van der Waals surface area contributed by atoms with Crippen LogP contribution in [0, 0.1) is 6.92 Å². The first-order valence-corrected chi connectivity index (χ1v) is 4.31. The number of rotatable bonds is 3. The Labute approximate surface area is 87.2 Å². The first-order valence-electron chi connectivity index (χ1n) is 4.31. The van der Waals surface area contributed by atoms with Crippen LogP contribution in [0.1, 0.15) is 15.9 Å². The summed E-state index contributed by atoms with van der Waals surface area (Å²) >= 11 is 0. The number of aryl methyl sites for hydroxylation is 1. The molecule has 0 unspecified atom stereocenters. The Bertz CT molecular complexity index is 424. The van der Waals surface area contributed by atoms with E-state index in [9.17, 15) is 9.59 Å². The summed E-state index contributed by atoms with van der Waals surface area (Å²) in [7, 11) is 0. The fraction of sp³-hybridized carbons (Fsp3) is 0.0909. The molecule has 0 saturated heterocycles. The van der Waals surface area contributed by atoms with Gasteiger partial charge in [0.15, 0.2) is 0 Å². The Balaban J connectivity index is 2.78. The van der Waals surface area contributed by atoms with Gasteiger partial charge in [-0.3, -0.25) is 4.79 Å². The third-order valence-corrected chi connectivity index (χ3v) is 1.80. The molecule has 2 N–H and O–H groups in total. The molecule has 4 nitrogen and oxygen atoms in total. The van der Waals surface area contributed by atoms with Crippen LogP contribution in [0.3, 0.4) is 0 Å². The van der Waals surface area contributed by atoms with Gasteiger partial charge in [-0.05, 0) is 19.1 Å². The molecular weight excluding hydrogens is 194 g/mol. The Morgan fingerprint density at radius 3 is 2.60 bits per heavy atom. The Morgan fingerprint density at radius 1 is 1.40 bits per heavy atom. The van der Waals surface area contributed by atoms with Crippen molar-refractivity contribution in [1.29, 1.82) is 0 Å². The van der Waals surface area contributed by atoms with Gasteiger partial charge >= 0.3 is 5.97 Å². The van der Waals surface area contributed by atoms with Crippen molar-refractivity contribution >= 4 is 11.9 Å². The van der Waals surface area contributed by atoms with E-state index in [1.807, 2.05) is 13.0 Å². The zero-order valence-corrected chi connectivity index (χ0v) is 8.28. The number of amides is 1. The molecule has 4 heteroatoms. The van der Waals surface area contributed by atoms with E-state index in [1.165, 1.54) is 0 Å². The van der Waals surface area contributed by atoms with Gasteiger partial charge in [-0.15, -0.1) is 0 Å². The number of carbonyl (C=O) groups is 2. The molecule has 1 aromatic carbocycles. The maximum Gasteiger partial charge on any atom is 0.351 e. The third kappa shape index (κ3) is 2.95. The minimum Gasteiger partial charge on any atom is -0.477 e. The largest absolute Gasteiger partial charge is 0.477 e. The lowest BCUT2D eigenvalue weighted by atomic mass is 10.1. The summed E-state index contributed by atoms with van der Waals surface area (Å²) < 4.78 is 0. The van der Waals surface area contributed by atoms with Crippen LogP contribution in [0.5, 0.6) is 0 Å². The topological polar surface area (TPSA) is 66.4 Å². The quantitative estimate of drug-likeness (QED) is 0.731. The molecule has 0 saturated carbocycles. The van der Waals surface area contributed by atoms with Gasteiger partial charge in [-0.2, -0.15) is 0 Å². The van der Waals surface area contributed by atoms with E-state index in [-0.39, 0.29) is 5.70 Å². The average molecular weight is 205 g/mol. The van der Waals surface area contributed by atoms with Crippen molar-refractivity contribution < 1.29 is 14.7 Å². The molecule has 0 aliphatic carbocycles. The summed E-state index contributed by atoms with van der Waals surface area (Å²) in [4.78, 5) is 21.9. The van der Waals surface area contributed by atoms with Crippen LogP contribution in [0.4, 0.5) is 0 Å². The van der Waals surface area contributed by atoms with Crippen LogP contribution in [0.15, 0.2) is 36.5 Å². The smallest absolute Gasteiger partial charge is 0.351 e. The Morgan fingerprint density at radius 2 is 2.07 bits per heavy atom. The second-order valence-electron chi connectivity index (χ2n) is 3.11. The van der Waals surface area contributed by atoms with E-state index in [0.29, 0.717) is 5.56 Å². The lowest BCUT2D eigenvalue weighted by molar-refractivity contribution is -0.132. The number of carboxylic acid groups (broad SMARTS) is 1. The van der Waals surface area contributed by atoms with E-state index in [4.69, 9.17) is 5.11 Å². The number of aliphatic carboxylic acids is 1. The predicted molar refractivity (Wildman–Crippen MR) is 55.4 cm³/mol. The molecule has 0 bridgehead atoms. The summed E-state index contributed by atoms with van der Waals surface area (Å²) in [6.07, 6.45) is 0. The van der Waals surface area contributed by atoms with Crippen LogP contribution >= 0.6 is 0 Å². The number of hydrogen-bond donors (Lipinski definition) is 2. The van der Waals surface area contributed by atoms with Crippen molar-refractivity contribution in [2.75, 3.05) is 0 Å². The van der Waals surface area contributed by atoms with Gasteiger partial charge in [0.2, 0.25) is 0 Å². The summed E-state index contributed by atoms with van der Waals surface area (Å²) in [6, 6.07) is 6.86. The second-order valence-corrected chi connectivity index (χ2v) is 3.11. The molecule has 0 aromatic heterocycles. The fourth-order valence-corrected chi connectivity index (χ4v) is 1.05. The highest BCUT2D eigenvalue weighted by molar-refractivity contribution is 6.00. The summed E-state index contributed by atoms with van der Waals surface area (Å²) in [5.41, 5.74) is 1.02. The van der Waals surface area contributed by atoms with Crippen molar-refractivity contribution in [3.8, 4) is 0 Å². The lowest BCUT2D eigenvalue weighted by Crippen LogP contribution is -2.26. The normalized spacial score (nSPS) is 9.40. The van der Waals surface area contributed by atoms with E-state index in [2.05, 4.69) is 11.9 Å². The molecule has 0 atom stereocenters. The van der Waals surface area contributed by atoms with Gasteiger partial charge in [0.1, 0.15) is 5.70 Å². The third-order valence-electron chi connectivity index (χ3n) is 1.80. The molecular formula is C11H11NO3. The van der Waals surface area contributed by atoms with Crippen molar-refractivity contribution in [2.24, 2.45) is 0 Å². The minimum absolute atomic E-state index is 0.332. The second kappa shape index (κ2) is 4.41. The van der Waals surface area contributed by atoms with Gasteiger partial charge in [-0.25, -0.2) is 4.79 Å². The molecule has 0 heterocycles. The van der Waals surface area contributed by atoms with Gasteiger partial charge in [-0.1, -0.05) is 24.3 Å². The Kier molecular flexibility index (Phi) is 3.23. The van der Waals surface area contributed by atoms with Crippen LogP contribution in [0.2, 0.25) is 0 Å². The first-order chi connectivity index (χ1) is 7.00. The molecule has 1 rings (SSSR count). The summed E-state index contributed by atoms with van der Waals surface area (Å²) in [5, 5.41) is 10.7. The molecule has 0 radical (unpaired) electrons. The maximum atomic E-state index is 11.5. The summed E-state index contributed by atoms with van der Waals surface area (Å²) in [6.45, 7) is 5.06. The molecule has 0 fully saturated rings. The van der Waals surface area contributed by atoms with Crippen LogP contribution in [-0.2, 0) is 4.79 Å². The Hall–Kier alpha value is -2.10. The van der Waals surface area contributed by atoms with Gasteiger partial charge in [0.05, 0.1) is 0 Å². The number of nitrogens with one attached hydrogen (secondary N) is 1. The highest BCUT2D eigenvalue weighted by Gasteiger charge is 2.10. The molecule has 0 aliphatic heterocycles. The van der Waals surface area contributed by atoms with Crippen LogP contribution < -0.4 is 5.32 Å². The van der Waals surface area contributed by atoms with E-state index >= 15 is 0 Å². The fourth-order valence-electron chi connectivity index (χ4n) is 1.05. The zero-order chi connectivity index (χ0) is 11.4. The molecule has 78 valence electrons. The molecule has 0 spiro atoms. The van der Waals surface area contributed by atoms with Crippen molar-refractivity contribution in [3.63, 3.8) is 0 Å². The first kappa shape index (κ1) is 11.0. The average Bonchev–Trinajstić information content (AvgIpc) is 2.17. The molecule has 1 aromatic rings. The SMILES string of the molecule is C=C(NC(=O)c1cccc(C)c1)C(=O)O. The maximum absolute atomic E-state index is 11.5. The lowest BCUT2D eigenvalue weighted by Gasteiger charge is -2.04. The number of hydrogen-bond acceptors (Lipinski definition) is 2. The number of benzene rings is 1. The number of carboxylic acids is 1. The zero-order valence-electron chi connectivity index (χ0n) is 8.28. The van der Waals surface area contributed by atoms with Crippen molar-refractivity contribution in [3.05, 3.63) is 47.7 Å². The van der Waals surface area contributed by atoms with E-state index < -0.39 is 11.9 Å². The van der Waals surface area contributed by atoms with E-state index in [0.717, 1.165) is 5.56 Å². The van der Waals surface area contributed by atoms with Crippen molar-refractivity contribution in [2.45, 2.75) is 6.92 Å². The van der Waals surface area contributed by atoms with Crippen LogP contribution in [0.25, 0.3) is 0 Å². The van der Waals surface area contributed by atoms with Crippen LogP contribution in [-0.4, -0.2) is 17.0 Å². The highest BCUT2D eigenvalue weighted by Crippen LogP contribution is 2.04. The van der Waals surface area contributed by atoms with Gasteiger partial charge in [0.25, 0.3) is 5.91 Å². The minimum atomic E-state index is -1.24. The molecule has 15 heavy (non-hydrogen) atoms. The van der Waals surface area contributed by atoms with Gasteiger partial charge < -0.3 is 10.4 Å². The monoisotopic (exact) mass is 205 g/mol. The molecule has 1 amide bonds. The highest BCUT2D eigenvalue weighted by atomic mass is 16.4.